The standard InChI is InChI=1S/C17H23BrFN/c1-2-20-16(17-14-5-3-4-6-15(14)17)9-11-7-12(18)10-13(19)8-11/h7-8,10,14-17,20H,2-6,9H2,1H3. The van der Waals surface area contributed by atoms with Crippen LogP contribution in [0.2, 0.25) is 0 Å². The molecule has 2 saturated carbocycles. The van der Waals surface area contributed by atoms with Gasteiger partial charge in [-0.2, -0.15) is 0 Å². The van der Waals surface area contributed by atoms with E-state index < -0.39 is 0 Å². The number of rotatable bonds is 5. The Labute approximate surface area is 129 Å². The van der Waals surface area contributed by atoms with Crippen molar-refractivity contribution in [2.75, 3.05) is 6.54 Å². The molecule has 1 aromatic rings. The second kappa shape index (κ2) is 6.15. The van der Waals surface area contributed by atoms with Gasteiger partial charge in [0.15, 0.2) is 0 Å². The Morgan fingerprint density at radius 1 is 1.25 bits per heavy atom. The van der Waals surface area contributed by atoms with E-state index in [9.17, 15) is 4.39 Å². The van der Waals surface area contributed by atoms with E-state index in [4.69, 9.17) is 0 Å². The number of fused-ring (bicyclic) bond motifs is 1. The molecule has 1 nitrogen and oxygen atoms in total. The first-order valence-electron chi connectivity index (χ1n) is 7.87. The van der Waals surface area contributed by atoms with Gasteiger partial charge in [-0.3, -0.25) is 0 Å². The lowest BCUT2D eigenvalue weighted by Crippen LogP contribution is -2.34. The maximum Gasteiger partial charge on any atom is 0.124 e. The van der Waals surface area contributed by atoms with Crippen molar-refractivity contribution in [1.82, 2.24) is 5.32 Å². The summed E-state index contributed by atoms with van der Waals surface area (Å²) >= 11 is 3.40. The lowest BCUT2D eigenvalue weighted by atomic mass is 9.99. The molecule has 2 fully saturated rings. The van der Waals surface area contributed by atoms with Crippen LogP contribution in [0.4, 0.5) is 4.39 Å². The van der Waals surface area contributed by atoms with Gasteiger partial charge in [0.2, 0.25) is 0 Å². The molecule has 0 spiro atoms. The first-order chi connectivity index (χ1) is 9.69. The van der Waals surface area contributed by atoms with Gasteiger partial charge >= 0.3 is 0 Å². The number of hydrogen-bond donors (Lipinski definition) is 1. The third-order valence-corrected chi connectivity index (χ3v) is 5.49. The minimum atomic E-state index is -0.141. The molecular weight excluding hydrogens is 317 g/mol. The molecule has 0 aromatic heterocycles. The van der Waals surface area contributed by atoms with Crippen LogP contribution in [0.1, 0.15) is 38.2 Å². The molecule has 1 N–H and O–H groups in total. The molecule has 3 rings (SSSR count). The monoisotopic (exact) mass is 339 g/mol. The molecule has 0 radical (unpaired) electrons. The number of hydrogen-bond acceptors (Lipinski definition) is 1. The van der Waals surface area contributed by atoms with Crippen LogP contribution in [0.3, 0.4) is 0 Å². The van der Waals surface area contributed by atoms with Crippen LogP contribution in [-0.2, 0) is 6.42 Å². The Hall–Kier alpha value is -0.410. The van der Waals surface area contributed by atoms with Crippen LogP contribution in [-0.4, -0.2) is 12.6 Å². The summed E-state index contributed by atoms with van der Waals surface area (Å²) in [6.45, 7) is 3.16. The van der Waals surface area contributed by atoms with Crippen molar-refractivity contribution in [3.8, 4) is 0 Å². The molecule has 0 bridgehead atoms. The van der Waals surface area contributed by atoms with Gasteiger partial charge in [0, 0.05) is 10.5 Å². The van der Waals surface area contributed by atoms with E-state index in [0.717, 1.165) is 40.8 Å². The summed E-state index contributed by atoms with van der Waals surface area (Å²) in [7, 11) is 0. The Kier molecular flexibility index (Phi) is 4.46. The molecule has 3 unspecified atom stereocenters. The van der Waals surface area contributed by atoms with E-state index in [0.29, 0.717) is 6.04 Å². The zero-order chi connectivity index (χ0) is 14.1. The summed E-state index contributed by atoms with van der Waals surface area (Å²) in [5.41, 5.74) is 1.10. The van der Waals surface area contributed by atoms with E-state index in [2.05, 4.69) is 34.2 Å². The van der Waals surface area contributed by atoms with Crippen LogP contribution in [0.5, 0.6) is 0 Å². The van der Waals surface area contributed by atoms with E-state index in [1.54, 1.807) is 6.07 Å². The minimum Gasteiger partial charge on any atom is -0.314 e. The quantitative estimate of drug-likeness (QED) is 0.829. The molecule has 0 saturated heterocycles. The number of halogens is 2. The summed E-state index contributed by atoms with van der Waals surface area (Å²) < 4.78 is 14.4. The molecule has 110 valence electrons. The summed E-state index contributed by atoms with van der Waals surface area (Å²) in [5, 5.41) is 3.65. The number of benzene rings is 1. The Morgan fingerprint density at radius 2 is 1.95 bits per heavy atom. The molecule has 2 aliphatic carbocycles. The maximum atomic E-state index is 13.5. The lowest BCUT2D eigenvalue weighted by molar-refractivity contribution is 0.437. The third-order valence-electron chi connectivity index (χ3n) is 5.03. The molecule has 3 heteroatoms. The van der Waals surface area contributed by atoms with Gasteiger partial charge in [-0.25, -0.2) is 4.39 Å². The highest BCUT2D eigenvalue weighted by Gasteiger charge is 2.53. The fourth-order valence-corrected chi connectivity index (χ4v) is 4.75. The predicted octanol–water partition coefficient (Wildman–Crippen LogP) is 4.55. The molecule has 0 amide bonds. The Morgan fingerprint density at radius 3 is 2.55 bits per heavy atom. The van der Waals surface area contributed by atoms with Crippen LogP contribution >= 0.6 is 15.9 Å². The zero-order valence-corrected chi connectivity index (χ0v) is 13.6. The fraction of sp³-hybridized carbons (Fsp3) is 0.647. The van der Waals surface area contributed by atoms with Gasteiger partial charge in [0.25, 0.3) is 0 Å². The van der Waals surface area contributed by atoms with Crippen molar-refractivity contribution in [2.24, 2.45) is 17.8 Å². The number of likely N-dealkylation sites (N-methyl/N-ethyl adjacent to an activating group) is 1. The summed E-state index contributed by atoms with van der Waals surface area (Å²) in [4.78, 5) is 0. The van der Waals surface area contributed by atoms with Gasteiger partial charge in [0.1, 0.15) is 5.82 Å². The fourth-order valence-electron chi connectivity index (χ4n) is 4.23. The normalized spacial score (nSPS) is 29.9. The van der Waals surface area contributed by atoms with Crippen molar-refractivity contribution in [2.45, 2.75) is 45.1 Å². The molecule has 0 heterocycles. The van der Waals surface area contributed by atoms with Gasteiger partial charge in [-0.05, 0) is 67.3 Å². The second-order valence-corrected chi connectivity index (χ2v) is 7.25. The lowest BCUT2D eigenvalue weighted by Gasteiger charge is -2.19. The van der Waals surface area contributed by atoms with Crippen molar-refractivity contribution in [1.29, 1.82) is 0 Å². The minimum absolute atomic E-state index is 0.141. The molecule has 3 atom stereocenters. The first kappa shape index (κ1) is 14.5. The molecule has 20 heavy (non-hydrogen) atoms. The highest BCUT2D eigenvalue weighted by Crippen LogP contribution is 2.57. The Bertz CT molecular complexity index is 444. The summed E-state index contributed by atoms with van der Waals surface area (Å²) in [6.07, 6.45) is 6.57. The third kappa shape index (κ3) is 3.09. The molecular formula is C17H23BrFN. The van der Waals surface area contributed by atoms with E-state index in [-0.39, 0.29) is 5.82 Å². The zero-order valence-electron chi connectivity index (χ0n) is 12.0. The number of nitrogens with one attached hydrogen (secondary N) is 1. The molecule has 0 aliphatic heterocycles. The van der Waals surface area contributed by atoms with Gasteiger partial charge in [0.05, 0.1) is 0 Å². The van der Waals surface area contributed by atoms with Crippen molar-refractivity contribution >= 4 is 15.9 Å². The highest BCUT2D eigenvalue weighted by atomic mass is 79.9. The predicted molar refractivity (Wildman–Crippen MR) is 84.2 cm³/mol. The average Bonchev–Trinajstić information content (AvgIpc) is 3.11. The molecule has 1 aromatic carbocycles. The van der Waals surface area contributed by atoms with Crippen LogP contribution in [0, 0.1) is 23.6 Å². The smallest absolute Gasteiger partial charge is 0.124 e. The van der Waals surface area contributed by atoms with Gasteiger partial charge < -0.3 is 5.32 Å². The Balaban J connectivity index is 1.71. The van der Waals surface area contributed by atoms with Crippen molar-refractivity contribution in [3.63, 3.8) is 0 Å². The van der Waals surface area contributed by atoms with Gasteiger partial charge in [-0.1, -0.05) is 35.7 Å². The topological polar surface area (TPSA) is 12.0 Å². The van der Waals surface area contributed by atoms with Crippen LogP contribution < -0.4 is 5.32 Å². The van der Waals surface area contributed by atoms with Crippen molar-refractivity contribution in [3.05, 3.63) is 34.1 Å². The first-order valence-corrected chi connectivity index (χ1v) is 8.66. The van der Waals surface area contributed by atoms with Crippen LogP contribution in [0.15, 0.2) is 22.7 Å². The highest BCUT2D eigenvalue weighted by molar-refractivity contribution is 9.10. The summed E-state index contributed by atoms with van der Waals surface area (Å²) in [5.74, 6) is 2.55. The summed E-state index contributed by atoms with van der Waals surface area (Å²) in [6, 6.07) is 5.78. The van der Waals surface area contributed by atoms with E-state index in [1.165, 1.54) is 31.7 Å². The average molecular weight is 340 g/mol. The SMILES string of the molecule is CCNC(Cc1cc(F)cc(Br)c1)C1C2CCCCC21. The largest absolute Gasteiger partial charge is 0.314 e. The second-order valence-electron chi connectivity index (χ2n) is 6.34. The van der Waals surface area contributed by atoms with E-state index >= 15 is 0 Å². The van der Waals surface area contributed by atoms with Crippen molar-refractivity contribution < 1.29 is 4.39 Å². The van der Waals surface area contributed by atoms with Gasteiger partial charge in [-0.15, -0.1) is 0 Å². The van der Waals surface area contributed by atoms with Crippen LogP contribution in [0.25, 0.3) is 0 Å². The maximum absolute atomic E-state index is 13.5. The van der Waals surface area contributed by atoms with E-state index in [1.807, 2.05) is 0 Å². The molecule has 2 aliphatic rings.